The van der Waals surface area contributed by atoms with E-state index in [2.05, 4.69) is 25.3 Å². The van der Waals surface area contributed by atoms with Crippen molar-refractivity contribution in [3.05, 3.63) is 56.9 Å². The maximum absolute atomic E-state index is 12.9. The minimum atomic E-state index is -0.310. The Morgan fingerprint density at radius 2 is 1.58 bits per heavy atom. The second-order valence-electron chi connectivity index (χ2n) is 7.30. The van der Waals surface area contributed by atoms with Crippen molar-refractivity contribution >= 4 is 10.9 Å². The monoisotopic (exact) mass is 325 g/mol. The van der Waals surface area contributed by atoms with Crippen LogP contribution in [0.2, 0.25) is 0 Å². The lowest BCUT2D eigenvalue weighted by molar-refractivity contribution is 0.403. The van der Waals surface area contributed by atoms with E-state index in [0.717, 1.165) is 16.8 Å². The van der Waals surface area contributed by atoms with Crippen molar-refractivity contribution in [3.63, 3.8) is 0 Å². The summed E-state index contributed by atoms with van der Waals surface area (Å²) in [6.45, 7) is 8.32. The Bertz CT molecular complexity index is 1060. The standard InChI is InChI=1S/C19H23N3O2/c1-12-9-7-8-10-13(12)16-15-14(11-22(16)19(2,3)4)20(5)18(24)21(6)17(15)23/h7-11H,1-6H3. The summed E-state index contributed by atoms with van der Waals surface area (Å²) in [5.41, 5.74) is 2.85. The van der Waals surface area contributed by atoms with Gasteiger partial charge in [0, 0.05) is 31.4 Å². The van der Waals surface area contributed by atoms with Crippen molar-refractivity contribution in [1.82, 2.24) is 13.7 Å². The van der Waals surface area contributed by atoms with Gasteiger partial charge >= 0.3 is 5.69 Å². The van der Waals surface area contributed by atoms with Gasteiger partial charge in [0.25, 0.3) is 5.56 Å². The highest BCUT2D eigenvalue weighted by atomic mass is 16.2. The van der Waals surface area contributed by atoms with E-state index in [-0.39, 0.29) is 16.8 Å². The van der Waals surface area contributed by atoms with Crippen molar-refractivity contribution in [2.75, 3.05) is 0 Å². The highest BCUT2D eigenvalue weighted by Gasteiger charge is 2.25. The zero-order valence-corrected chi connectivity index (χ0v) is 15.0. The third-order valence-corrected chi connectivity index (χ3v) is 4.56. The van der Waals surface area contributed by atoms with Gasteiger partial charge in [0.05, 0.1) is 16.6 Å². The Morgan fingerprint density at radius 3 is 2.17 bits per heavy atom. The van der Waals surface area contributed by atoms with Crippen LogP contribution in [0.3, 0.4) is 0 Å². The fourth-order valence-corrected chi connectivity index (χ4v) is 3.17. The Balaban J connectivity index is 2.63. The minimum Gasteiger partial charge on any atom is -0.339 e. The molecule has 0 aliphatic rings. The molecule has 0 aliphatic carbocycles. The molecule has 2 heterocycles. The summed E-state index contributed by atoms with van der Waals surface area (Å²) in [6, 6.07) is 8.02. The van der Waals surface area contributed by atoms with E-state index in [9.17, 15) is 9.59 Å². The number of aromatic nitrogens is 3. The second-order valence-corrected chi connectivity index (χ2v) is 7.30. The van der Waals surface area contributed by atoms with Gasteiger partial charge in [0.2, 0.25) is 0 Å². The van der Waals surface area contributed by atoms with Crippen LogP contribution in [0.5, 0.6) is 0 Å². The summed E-state index contributed by atoms with van der Waals surface area (Å²) in [4.78, 5) is 25.2. The van der Waals surface area contributed by atoms with Crippen molar-refractivity contribution in [1.29, 1.82) is 0 Å². The lowest BCUT2D eigenvalue weighted by atomic mass is 10.0. The lowest BCUT2D eigenvalue weighted by Crippen LogP contribution is -2.36. The number of fused-ring (bicyclic) bond motifs is 1. The summed E-state index contributed by atoms with van der Waals surface area (Å²) < 4.78 is 4.82. The fourth-order valence-electron chi connectivity index (χ4n) is 3.17. The molecule has 0 atom stereocenters. The molecular weight excluding hydrogens is 302 g/mol. The van der Waals surface area contributed by atoms with Crippen LogP contribution >= 0.6 is 0 Å². The van der Waals surface area contributed by atoms with Crippen LogP contribution in [-0.4, -0.2) is 13.7 Å². The summed E-state index contributed by atoms with van der Waals surface area (Å²) in [5.74, 6) is 0. The van der Waals surface area contributed by atoms with Crippen molar-refractivity contribution < 1.29 is 0 Å². The van der Waals surface area contributed by atoms with Crippen LogP contribution in [0.15, 0.2) is 40.1 Å². The third kappa shape index (κ3) is 2.23. The summed E-state index contributed by atoms with van der Waals surface area (Å²) >= 11 is 0. The van der Waals surface area contributed by atoms with Gasteiger partial charge < -0.3 is 4.57 Å². The maximum Gasteiger partial charge on any atom is 0.330 e. The van der Waals surface area contributed by atoms with Gasteiger partial charge in [-0.1, -0.05) is 24.3 Å². The van der Waals surface area contributed by atoms with E-state index >= 15 is 0 Å². The predicted octanol–water partition coefficient (Wildman–Crippen LogP) is 2.77. The molecule has 0 saturated carbocycles. The van der Waals surface area contributed by atoms with Gasteiger partial charge in [-0.3, -0.25) is 13.9 Å². The molecule has 0 radical (unpaired) electrons. The van der Waals surface area contributed by atoms with Gasteiger partial charge in [-0.25, -0.2) is 4.79 Å². The van der Waals surface area contributed by atoms with E-state index in [1.165, 1.54) is 11.6 Å². The quantitative estimate of drug-likeness (QED) is 0.691. The molecule has 0 fully saturated rings. The van der Waals surface area contributed by atoms with E-state index in [4.69, 9.17) is 0 Å². The number of aryl methyl sites for hydroxylation is 2. The maximum atomic E-state index is 12.9. The summed E-state index contributed by atoms with van der Waals surface area (Å²) in [5, 5.41) is 0.587. The van der Waals surface area contributed by atoms with E-state index < -0.39 is 0 Å². The highest BCUT2D eigenvalue weighted by molar-refractivity contribution is 5.94. The van der Waals surface area contributed by atoms with Crippen LogP contribution in [-0.2, 0) is 19.6 Å². The SMILES string of the molecule is Cc1ccccc1-c1c2c(=O)n(C)c(=O)n(C)c2cn1C(C)(C)C. The summed E-state index contributed by atoms with van der Waals surface area (Å²) in [6.07, 6.45) is 1.92. The molecule has 0 saturated heterocycles. The average molecular weight is 325 g/mol. The van der Waals surface area contributed by atoms with Gasteiger partial charge in [-0.15, -0.1) is 0 Å². The molecule has 3 aromatic rings. The molecule has 3 rings (SSSR count). The first kappa shape index (κ1) is 16.3. The first-order valence-electron chi connectivity index (χ1n) is 8.02. The van der Waals surface area contributed by atoms with E-state index in [1.54, 1.807) is 11.6 Å². The second kappa shape index (κ2) is 5.23. The topological polar surface area (TPSA) is 48.9 Å². The van der Waals surface area contributed by atoms with E-state index in [0.29, 0.717) is 10.9 Å². The number of hydrogen-bond acceptors (Lipinski definition) is 2. The van der Waals surface area contributed by atoms with Crippen LogP contribution in [0.4, 0.5) is 0 Å². The minimum absolute atomic E-state index is 0.225. The van der Waals surface area contributed by atoms with Crippen molar-refractivity contribution in [3.8, 4) is 11.3 Å². The van der Waals surface area contributed by atoms with Crippen molar-refractivity contribution in [2.45, 2.75) is 33.2 Å². The largest absolute Gasteiger partial charge is 0.339 e. The van der Waals surface area contributed by atoms with Gasteiger partial charge in [0.1, 0.15) is 0 Å². The first-order valence-corrected chi connectivity index (χ1v) is 8.02. The lowest BCUT2D eigenvalue weighted by Gasteiger charge is -2.25. The molecule has 1 aromatic carbocycles. The zero-order valence-electron chi connectivity index (χ0n) is 15.0. The van der Waals surface area contributed by atoms with E-state index in [1.807, 2.05) is 37.4 Å². The van der Waals surface area contributed by atoms with Crippen LogP contribution in [0, 0.1) is 6.92 Å². The Kier molecular flexibility index (Phi) is 3.55. The molecule has 0 unspecified atom stereocenters. The van der Waals surface area contributed by atoms with Gasteiger partial charge in [-0.05, 0) is 33.3 Å². The average Bonchev–Trinajstić information content (AvgIpc) is 2.92. The molecule has 0 amide bonds. The first-order chi connectivity index (χ1) is 11.1. The molecule has 5 heteroatoms. The summed E-state index contributed by atoms with van der Waals surface area (Å²) in [7, 11) is 3.24. The number of benzene rings is 1. The molecule has 2 aromatic heterocycles. The number of nitrogens with zero attached hydrogens (tertiary/aromatic N) is 3. The van der Waals surface area contributed by atoms with Crippen LogP contribution in [0.1, 0.15) is 26.3 Å². The smallest absolute Gasteiger partial charge is 0.330 e. The fraction of sp³-hybridized carbons (Fsp3) is 0.368. The highest BCUT2D eigenvalue weighted by Crippen LogP contribution is 2.34. The van der Waals surface area contributed by atoms with Crippen molar-refractivity contribution in [2.24, 2.45) is 14.1 Å². The normalized spacial score (nSPS) is 12.1. The van der Waals surface area contributed by atoms with Gasteiger partial charge in [-0.2, -0.15) is 0 Å². The molecular formula is C19H23N3O2. The molecule has 0 bridgehead atoms. The third-order valence-electron chi connectivity index (χ3n) is 4.56. The molecule has 0 aliphatic heterocycles. The number of hydrogen-bond donors (Lipinski definition) is 0. The Labute approximate surface area is 140 Å². The molecule has 0 N–H and O–H groups in total. The molecule has 24 heavy (non-hydrogen) atoms. The Morgan fingerprint density at radius 1 is 0.958 bits per heavy atom. The zero-order chi connectivity index (χ0) is 17.8. The molecule has 5 nitrogen and oxygen atoms in total. The Hall–Kier alpha value is -2.56. The van der Waals surface area contributed by atoms with Crippen LogP contribution < -0.4 is 11.2 Å². The number of rotatable bonds is 1. The van der Waals surface area contributed by atoms with Gasteiger partial charge in [0.15, 0.2) is 0 Å². The molecule has 0 spiro atoms. The van der Waals surface area contributed by atoms with Crippen LogP contribution in [0.25, 0.3) is 22.2 Å². The predicted molar refractivity (Wildman–Crippen MR) is 97.6 cm³/mol. The molecule has 126 valence electrons.